The third-order valence-corrected chi connectivity index (χ3v) is 3.70. The van der Waals surface area contributed by atoms with Crippen LogP contribution in [0.3, 0.4) is 0 Å². The second kappa shape index (κ2) is 4.31. The monoisotopic (exact) mass is 234 g/mol. The molecule has 16 heavy (non-hydrogen) atoms. The molecule has 2 heterocycles. The second-order valence-electron chi connectivity index (χ2n) is 3.86. The van der Waals surface area contributed by atoms with Crippen LogP contribution in [0.4, 0.5) is 0 Å². The summed E-state index contributed by atoms with van der Waals surface area (Å²) >= 11 is 1.51. The van der Waals surface area contributed by atoms with E-state index in [4.69, 9.17) is 0 Å². The predicted molar refractivity (Wildman–Crippen MR) is 65.5 cm³/mol. The van der Waals surface area contributed by atoms with Crippen molar-refractivity contribution in [2.75, 3.05) is 0 Å². The Morgan fingerprint density at radius 2 is 2.12 bits per heavy atom. The number of rotatable bonds is 2. The number of hydrogen-bond acceptors (Lipinski definition) is 4. The molecule has 0 amide bonds. The minimum atomic E-state index is -0.462. The number of thiazole rings is 1. The van der Waals surface area contributed by atoms with Gasteiger partial charge in [-0.05, 0) is 38.5 Å². The van der Waals surface area contributed by atoms with Crippen molar-refractivity contribution in [2.24, 2.45) is 0 Å². The summed E-state index contributed by atoms with van der Waals surface area (Å²) in [5.41, 5.74) is 2.93. The molecule has 0 saturated heterocycles. The third-order valence-electron chi connectivity index (χ3n) is 2.35. The van der Waals surface area contributed by atoms with E-state index in [0.717, 1.165) is 26.8 Å². The number of nitrogens with zero attached hydrogens (tertiary/aromatic N) is 2. The van der Waals surface area contributed by atoms with Crippen LogP contribution in [0.15, 0.2) is 18.3 Å². The first-order valence-electron chi connectivity index (χ1n) is 5.16. The smallest absolute Gasteiger partial charge is 0.142 e. The zero-order valence-electron chi connectivity index (χ0n) is 9.56. The van der Waals surface area contributed by atoms with Crippen molar-refractivity contribution in [2.45, 2.75) is 26.9 Å². The molecular weight excluding hydrogens is 220 g/mol. The molecule has 0 aliphatic heterocycles. The molecule has 2 aromatic rings. The largest absolute Gasteiger partial charge is 0.388 e. The van der Waals surface area contributed by atoms with Crippen molar-refractivity contribution in [3.8, 4) is 10.7 Å². The summed E-state index contributed by atoms with van der Waals surface area (Å²) in [5, 5.41) is 10.4. The van der Waals surface area contributed by atoms with Crippen LogP contribution in [0.1, 0.15) is 29.2 Å². The zero-order valence-corrected chi connectivity index (χ0v) is 10.4. The average molecular weight is 234 g/mol. The molecule has 84 valence electrons. The van der Waals surface area contributed by atoms with Crippen LogP contribution < -0.4 is 0 Å². The summed E-state index contributed by atoms with van der Waals surface area (Å²) in [5.74, 6) is 0. The van der Waals surface area contributed by atoms with Crippen LogP contribution in [0.2, 0.25) is 0 Å². The number of hydrogen-bond donors (Lipinski definition) is 1. The molecule has 4 heteroatoms. The van der Waals surface area contributed by atoms with Gasteiger partial charge in [0.25, 0.3) is 0 Å². The van der Waals surface area contributed by atoms with Crippen LogP contribution in [-0.2, 0) is 0 Å². The Balaban J connectivity index is 2.45. The van der Waals surface area contributed by atoms with Crippen LogP contribution >= 0.6 is 11.3 Å². The van der Waals surface area contributed by atoms with Crippen LogP contribution in [0, 0.1) is 13.8 Å². The quantitative estimate of drug-likeness (QED) is 0.869. The Morgan fingerprint density at radius 3 is 2.69 bits per heavy atom. The van der Waals surface area contributed by atoms with Gasteiger partial charge in [0.1, 0.15) is 5.01 Å². The molecule has 0 aliphatic rings. The molecule has 0 fully saturated rings. The maximum Gasteiger partial charge on any atom is 0.142 e. The molecule has 3 nitrogen and oxygen atoms in total. The lowest BCUT2D eigenvalue weighted by atomic mass is 10.2. The lowest BCUT2D eigenvalue weighted by molar-refractivity contribution is 0.202. The SMILES string of the molecule is Cc1ccnc(-c2nc(C)c(C(C)O)s2)c1. The Labute approximate surface area is 98.8 Å². The van der Waals surface area contributed by atoms with E-state index >= 15 is 0 Å². The van der Waals surface area contributed by atoms with E-state index in [9.17, 15) is 5.11 Å². The topological polar surface area (TPSA) is 46.0 Å². The van der Waals surface area contributed by atoms with Gasteiger partial charge < -0.3 is 5.11 Å². The van der Waals surface area contributed by atoms with E-state index in [1.807, 2.05) is 26.0 Å². The number of aryl methyl sites for hydroxylation is 2. The molecular formula is C12H14N2OS. The molecule has 0 radical (unpaired) electrons. The highest BCUT2D eigenvalue weighted by atomic mass is 32.1. The predicted octanol–water partition coefficient (Wildman–Crippen LogP) is 2.88. The van der Waals surface area contributed by atoms with Gasteiger partial charge in [-0.2, -0.15) is 0 Å². The molecule has 0 aromatic carbocycles. The molecule has 0 bridgehead atoms. The van der Waals surface area contributed by atoms with Gasteiger partial charge in [-0.3, -0.25) is 4.98 Å². The van der Waals surface area contributed by atoms with E-state index < -0.39 is 6.10 Å². The Hall–Kier alpha value is -1.26. The van der Waals surface area contributed by atoms with Crippen molar-refractivity contribution in [1.29, 1.82) is 0 Å². The maximum atomic E-state index is 9.57. The van der Waals surface area contributed by atoms with Gasteiger partial charge in [-0.15, -0.1) is 11.3 Å². The fourth-order valence-corrected chi connectivity index (χ4v) is 2.53. The van der Waals surface area contributed by atoms with Gasteiger partial charge >= 0.3 is 0 Å². The Morgan fingerprint density at radius 1 is 1.38 bits per heavy atom. The first-order chi connectivity index (χ1) is 7.58. The van der Waals surface area contributed by atoms with E-state index in [2.05, 4.69) is 9.97 Å². The lowest BCUT2D eigenvalue weighted by Gasteiger charge is -1.98. The molecule has 2 rings (SSSR count). The van der Waals surface area contributed by atoms with Gasteiger partial charge in [0.2, 0.25) is 0 Å². The molecule has 0 saturated carbocycles. The molecule has 2 aromatic heterocycles. The fourth-order valence-electron chi connectivity index (χ4n) is 1.56. The van der Waals surface area contributed by atoms with Crippen molar-refractivity contribution in [1.82, 2.24) is 9.97 Å². The van der Waals surface area contributed by atoms with E-state index in [1.54, 1.807) is 13.1 Å². The van der Waals surface area contributed by atoms with Crippen molar-refractivity contribution >= 4 is 11.3 Å². The zero-order chi connectivity index (χ0) is 11.7. The standard InChI is InChI=1S/C12H14N2OS/c1-7-4-5-13-10(6-7)12-14-8(2)11(16-12)9(3)15/h4-6,9,15H,1-3H3. The van der Waals surface area contributed by atoms with Crippen LogP contribution in [0.5, 0.6) is 0 Å². The summed E-state index contributed by atoms with van der Waals surface area (Å²) in [6, 6.07) is 3.96. The summed E-state index contributed by atoms with van der Waals surface area (Å²) in [6.45, 7) is 5.70. The van der Waals surface area contributed by atoms with E-state index in [-0.39, 0.29) is 0 Å². The summed E-state index contributed by atoms with van der Waals surface area (Å²) < 4.78 is 0. The first-order valence-corrected chi connectivity index (χ1v) is 5.98. The summed E-state index contributed by atoms with van der Waals surface area (Å²) in [6.07, 6.45) is 1.32. The number of aliphatic hydroxyl groups excluding tert-OH is 1. The highest BCUT2D eigenvalue weighted by molar-refractivity contribution is 7.15. The van der Waals surface area contributed by atoms with Gasteiger partial charge in [-0.1, -0.05) is 0 Å². The van der Waals surface area contributed by atoms with Crippen molar-refractivity contribution < 1.29 is 5.11 Å². The van der Waals surface area contributed by atoms with Gasteiger partial charge in [0.05, 0.1) is 22.4 Å². The molecule has 0 spiro atoms. The molecule has 0 aliphatic carbocycles. The lowest BCUT2D eigenvalue weighted by Crippen LogP contribution is -1.88. The van der Waals surface area contributed by atoms with Crippen LogP contribution in [-0.4, -0.2) is 15.1 Å². The highest BCUT2D eigenvalue weighted by Crippen LogP contribution is 2.30. The van der Waals surface area contributed by atoms with Crippen molar-refractivity contribution in [3.63, 3.8) is 0 Å². The van der Waals surface area contributed by atoms with E-state index in [1.165, 1.54) is 11.3 Å². The van der Waals surface area contributed by atoms with Gasteiger partial charge in [0, 0.05) is 6.20 Å². The normalized spacial score (nSPS) is 12.8. The highest BCUT2D eigenvalue weighted by Gasteiger charge is 2.13. The van der Waals surface area contributed by atoms with Crippen LogP contribution in [0.25, 0.3) is 10.7 Å². The number of aliphatic hydroxyl groups is 1. The number of pyridine rings is 1. The fraction of sp³-hybridized carbons (Fsp3) is 0.333. The molecule has 1 atom stereocenters. The van der Waals surface area contributed by atoms with E-state index in [0.29, 0.717) is 0 Å². The maximum absolute atomic E-state index is 9.57. The Kier molecular flexibility index (Phi) is 3.03. The molecule has 1 N–H and O–H groups in total. The third kappa shape index (κ3) is 2.13. The number of aromatic nitrogens is 2. The van der Waals surface area contributed by atoms with Gasteiger partial charge in [-0.25, -0.2) is 4.98 Å². The van der Waals surface area contributed by atoms with Crippen molar-refractivity contribution in [3.05, 3.63) is 34.5 Å². The van der Waals surface area contributed by atoms with Gasteiger partial charge in [0.15, 0.2) is 0 Å². The first kappa shape index (κ1) is 11.2. The summed E-state index contributed by atoms with van der Waals surface area (Å²) in [4.78, 5) is 9.64. The second-order valence-corrected chi connectivity index (χ2v) is 4.89. The minimum Gasteiger partial charge on any atom is -0.388 e. The molecule has 1 unspecified atom stereocenters. The minimum absolute atomic E-state index is 0.462. The average Bonchev–Trinajstić information content (AvgIpc) is 2.60. The Bertz CT molecular complexity index is 505. The summed E-state index contributed by atoms with van der Waals surface area (Å²) in [7, 11) is 0.